The van der Waals surface area contributed by atoms with Crippen LogP contribution in [0.2, 0.25) is 0 Å². The summed E-state index contributed by atoms with van der Waals surface area (Å²) < 4.78 is 10.8. The molecule has 0 saturated carbocycles. The maximum atomic E-state index is 5.70. The number of rotatable bonds is 4. The minimum atomic E-state index is 0.550. The normalized spacial score (nSPS) is 20.0. The van der Waals surface area contributed by atoms with Gasteiger partial charge >= 0.3 is 0 Å². The second-order valence-electron chi connectivity index (χ2n) is 4.32. The van der Waals surface area contributed by atoms with E-state index in [1.807, 2.05) is 6.92 Å². The number of methoxy groups -OCH3 is 1. The Morgan fingerprint density at radius 1 is 1.41 bits per heavy atom. The van der Waals surface area contributed by atoms with E-state index in [0.717, 1.165) is 13.1 Å². The van der Waals surface area contributed by atoms with Crippen molar-refractivity contribution >= 4 is 0 Å². The van der Waals surface area contributed by atoms with Crippen LogP contribution < -0.4 is 14.8 Å². The van der Waals surface area contributed by atoms with E-state index >= 15 is 0 Å². The first-order valence-corrected chi connectivity index (χ1v) is 6.01. The van der Waals surface area contributed by atoms with Crippen LogP contribution in [0, 0.1) is 12.8 Å². The van der Waals surface area contributed by atoms with E-state index in [0.29, 0.717) is 30.1 Å². The number of hydrogen-bond donors (Lipinski definition) is 1. The highest BCUT2D eigenvalue weighted by atomic mass is 16.5. The molecule has 0 bridgehead atoms. The highest BCUT2D eigenvalue weighted by Crippen LogP contribution is 2.17. The van der Waals surface area contributed by atoms with Gasteiger partial charge < -0.3 is 14.8 Å². The summed E-state index contributed by atoms with van der Waals surface area (Å²) in [5.41, 5.74) is 0. The molecule has 1 atom stereocenters. The van der Waals surface area contributed by atoms with Crippen molar-refractivity contribution in [1.82, 2.24) is 15.3 Å². The lowest BCUT2D eigenvalue weighted by Gasteiger charge is -2.22. The molecule has 1 unspecified atom stereocenters. The summed E-state index contributed by atoms with van der Waals surface area (Å²) in [7, 11) is 1.59. The molecule has 1 N–H and O–H groups in total. The summed E-state index contributed by atoms with van der Waals surface area (Å²) in [6, 6.07) is 1.73. The molecule has 17 heavy (non-hydrogen) atoms. The first kappa shape index (κ1) is 12.1. The van der Waals surface area contributed by atoms with Gasteiger partial charge in [-0.2, -0.15) is 9.97 Å². The summed E-state index contributed by atoms with van der Waals surface area (Å²) in [5, 5.41) is 3.37. The van der Waals surface area contributed by atoms with Gasteiger partial charge in [0.2, 0.25) is 11.8 Å². The van der Waals surface area contributed by atoms with Crippen molar-refractivity contribution in [3.63, 3.8) is 0 Å². The van der Waals surface area contributed by atoms with Gasteiger partial charge in [-0.05, 0) is 26.3 Å². The summed E-state index contributed by atoms with van der Waals surface area (Å²) in [6.07, 6.45) is 2.44. The van der Waals surface area contributed by atoms with Crippen molar-refractivity contribution in [3.8, 4) is 11.8 Å². The standard InChI is InChI=1S/C12H19N3O2/c1-9-14-11(16-2)6-12(15-9)17-8-10-4-3-5-13-7-10/h6,10,13H,3-5,7-8H2,1-2H3. The molecule has 2 heterocycles. The van der Waals surface area contributed by atoms with E-state index in [2.05, 4.69) is 15.3 Å². The molecular formula is C12H19N3O2. The maximum absolute atomic E-state index is 5.70. The minimum absolute atomic E-state index is 0.550. The van der Waals surface area contributed by atoms with Crippen molar-refractivity contribution in [1.29, 1.82) is 0 Å². The minimum Gasteiger partial charge on any atom is -0.481 e. The monoisotopic (exact) mass is 237 g/mol. The molecular weight excluding hydrogens is 218 g/mol. The molecule has 0 aromatic carbocycles. The first-order chi connectivity index (χ1) is 8.28. The van der Waals surface area contributed by atoms with Crippen LogP contribution in [-0.4, -0.2) is 36.8 Å². The molecule has 1 aliphatic heterocycles. The second kappa shape index (κ2) is 5.82. The van der Waals surface area contributed by atoms with E-state index in [1.54, 1.807) is 13.2 Å². The van der Waals surface area contributed by atoms with Crippen molar-refractivity contribution in [2.75, 3.05) is 26.8 Å². The molecule has 0 radical (unpaired) electrons. The van der Waals surface area contributed by atoms with Crippen molar-refractivity contribution in [2.45, 2.75) is 19.8 Å². The quantitative estimate of drug-likeness (QED) is 0.852. The second-order valence-corrected chi connectivity index (χ2v) is 4.32. The smallest absolute Gasteiger partial charge is 0.220 e. The predicted octanol–water partition coefficient (Wildman–Crippen LogP) is 1.17. The van der Waals surface area contributed by atoms with Gasteiger partial charge in [-0.1, -0.05) is 0 Å². The molecule has 5 heteroatoms. The topological polar surface area (TPSA) is 56.3 Å². The summed E-state index contributed by atoms with van der Waals surface area (Å²) >= 11 is 0. The fourth-order valence-electron chi connectivity index (χ4n) is 1.96. The Labute approximate surface area is 102 Å². The summed E-state index contributed by atoms with van der Waals surface area (Å²) in [6.45, 7) is 4.68. The van der Waals surface area contributed by atoms with Gasteiger partial charge in [0.15, 0.2) is 0 Å². The zero-order valence-electron chi connectivity index (χ0n) is 10.4. The largest absolute Gasteiger partial charge is 0.481 e. The van der Waals surface area contributed by atoms with Gasteiger partial charge in [-0.15, -0.1) is 0 Å². The van der Waals surface area contributed by atoms with Gasteiger partial charge in [0.05, 0.1) is 19.8 Å². The van der Waals surface area contributed by atoms with Crippen molar-refractivity contribution < 1.29 is 9.47 Å². The lowest BCUT2D eigenvalue weighted by molar-refractivity contribution is 0.210. The Morgan fingerprint density at radius 2 is 2.24 bits per heavy atom. The number of ether oxygens (including phenoxy) is 2. The van der Waals surface area contributed by atoms with Crippen LogP contribution in [0.25, 0.3) is 0 Å². The lowest BCUT2D eigenvalue weighted by Crippen LogP contribution is -2.33. The molecule has 94 valence electrons. The Morgan fingerprint density at radius 3 is 2.94 bits per heavy atom. The van der Waals surface area contributed by atoms with E-state index in [1.165, 1.54) is 12.8 Å². The van der Waals surface area contributed by atoms with Crippen LogP contribution in [0.4, 0.5) is 0 Å². The lowest BCUT2D eigenvalue weighted by atomic mass is 10.0. The zero-order valence-corrected chi connectivity index (χ0v) is 10.4. The fraction of sp³-hybridized carbons (Fsp3) is 0.667. The van der Waals surface area contributed by atoms with Gasteiger partial charge in [0.1, 0.15) is 5.82 Å². The van der Waals surface area contributed by atoms with E-state index in [-0.39, 0.29) is 0 Å². The van der Waals surface area contributed by atoms with E-state index in [4.69, 9.17) is 9.47 Å². The molecule has 5 nitrogen and oxygen atoms in total. The molecule has 1 saturated heterocycles. The molecule has 0 amide bonds. The molecule has 0 aliphatic carbocycles. The molecule has 1 aromatic rings. The number of aryl methyl sites for hydroxylation is 1. The fourth-order valence-corrected chi connectivity index (χ4v) is 1.96. The van der Waals surface area contributed by atoms with E-state index < -0.39 is 0 Å². The molecule has 1 aliphatic rings. The van der Waals surface area contributed by atoms with Gasteiger partial charge in [0.25, 0.3) is 0 Å². The number of aromatic nitrogens is 2. The first-order valence-electron chi connectivity index (χ1n) is 6.01. The number of hydrogen-bond acceptors (Lipinski definition) is 5. The number of piperidine rings is 1. The van der Waals surface area contributed by atoms with Gasteiger partial charge in [-0.25, -0.2) is 0 Å². The zero-order chi connectivity index (χ0) is 12.1. The van der Waals surface area contributed by atoms with Crippen molar-refractivity contribution in [3.05, 3.63) is 11.9 Å². The summed E-state index contributed by atoms with van der Waals surface area (Å²) in [4.78, 5) is 8.35. The Bertz CT molecular complexity index is 365. The third kappa shape index (κ3) is 3.56. The predicted molar refractivity (Wildman–Crippen MR) is 64.4 cm³/mol. The Hall–Kier alpha value is -1.36. The Kier molecular flexibility index (Phi) is 4.14. The molecule has 1 aromatic heterocycles. The SMILES string of the molecule is COc1cc(OCC2CCCNC2)nc(C)n1. The molecule has 0 spiro atoms. The summed E-state index contributed by atoms with van der Waals surface area (Å²) in [5.74, 6) is 2.39. The average molecular weight is 237 g/mol. The van der Waals surface area contributed by atoms with Crippen LogP contribution in [0.3, 0.4) is 0 Å². The highest BCUT2D eigenvalue weighted by Gasteiger charge is 2.14. The van der Waals surface area contributed by atoms with Crippen LogP contribution in [0.5, 0.6) is 11.8 Å². The van der Waals surface area contributed by atoms with Crippen molar-refractivity contribution in [2.24, 2.45) is 5.92 Å². The van der Waals surface area contributed by atoms with Crippen LogP contribution >= 0.6 is 0 Å². The van der Waals surface area contributed by atoms with Crippen LogP contribution in [0.1, 0.15) is 18.7 Å². The average Bonchev–Trinajstić information content (AvgIpc) is 2.37. The third-order valence-electron chi connectivity index (χ3n) is 2.87. The number of nitrogens with zero attached hydrogens (tertiary/aromatic N) is 2. The Balaban J connectivity index is 1.91. The van der Waals surface area contributed by atoms with Crippen LogP contribution in [0.15, 0.2) is 6.07 Å². The molecule has 2 rings (SSSR count). The van der Waals surface area contributed by atoms with Gasteiger partial charge in [0, 0.05) is 12.5 Å². The van der Waals surface area contributed by atoms with Gasteiger partial charge in [-0.3, -0.25) is 0 Å². The molecule has 1 fully saturated rings. The van der Waals surface area contributed by atoms with E-state index in [9.17, 15) is 0 Å². The van der Waals surface area contributed by atoms with Crippen LogP contribution in [-0.2, 0) is 0 Å². The highest BCUT2D eigenvalue weighted by molar-refractivity contribution is 5.20. The third-order valence-corrected chi connectivity index (χ3v) is 2.87. The maximum Gasteiger partial charge on any atom is 0.220 e. The number of nitrogens with one attached hydrogen (secondary N) is 1.